The molecule has 226 valence electrons. The van der Waals surface area contributed by atoms with Gasteiger partial charge in [0.25, 0.3) is 0 Å². The number of benzene rings is 2. The van der Waals surface area contributed by atoms with Crippen LogP contribution < -0.4 is 20.3 Å². The summed E-state index contributed by atoms with van der Waals surface area (Å²) < 4.78 is 69.9. The number of ether oxygens (including phenoxy) is 1. The van der Waals surface area contributed by atoms with Crippen molar-refractivity contribution in [2.24, 2.45) is 0 Å². The Morgan fingerprint density at radius 3 is 2.65 bits per heavy atom. The highest BCUT2D eigenvalue weighted by atomic mass is 19.4. The minimum Gasteiger partial charge on any atom is -0.454 e. The Kier molecular flexibility index (Phi) is 8.87. The minimum absolute atomic E-state index is 0.0620. The van der Waals surface area contributed by atoms with Crippen LogP contribution in [0.5, 0.6) is 11.5 Å². The topological polar surface area (TPSA) is 109 Å². The lowest BCUT2D eigenvalue weighted by atomic mass is 10.0. The third kappa shape index (κ3) is 6.92. The van der Waals surface area contributed by atoms with Crippen molar-refractivity contribution in [3.05, 3.63) is 78.2 Å². The Morgan fingerprint density at radius 2 is 1.93 bits per heavy atom. The summed E-state index contributed by atoms with van der Waals surface area (Å²) >= 11 is 0. The van der Waals surface area contributed by atoms with Crippen LogP contribution in [0, 0.1) is 5.82 Å². The number of oxazole rings is 1. The molecule has 2 aromatic carbocycles. The predicted octanol–water partition coefficient (Wildman–Crippen LogP) is 4.60. The molecule has 1 saturated heterocycles. The Labute approximate surface area is 244 Å². The van der Waals surface area contributed by atoms with E-state index in [2.05, 4.69) is 30.7 Å². The number of hydrogen-bond acceptors (Lipinski definition) is 9. The third-order valence-electron chi connectivity index (χ3n) is 7.01. The van der Waals surface area contributed by atoms with E-state index < -0.39 is 29.2 Å². The number of anilines is 2. The molecular weight excluding hydrogens is 570 g/mol. The number of aromatic nitrogens is 3. The number of rotatable bonds is 9. The van der Waals surface area contributed by atoms with E-state index in [9.17, 15) is 22.4 Å². The van der Waals surface area contributed by atoms with Gasteiger partial charge in [-0.1, -0.05) is 12.1 Å². The quantitative estimate of drug-likeness (QED) is 0.267. The SMILES string of the molecule is CNC[C@H]1CN(c2c(NC(=O)Cc3coc(-c4ccnnc4)n3)ccc(Oc3ccccc3F)c2C(F)(F)F)CCN1C. The van der Waals surface area contributed by atoms with Crippen molar-refractivity contribution < 1.29 is 31.5 Å². The zero-order chi connectivity index (χ0) is 30.6. The van der Waals surface area contributed by atoms with Crippen molar-refractivity contribution in [1.29, 1.82) is 0 Å². The molecule has 0 aliphatic carbocycles. The highest BCUT2D eigenvalue weighted by Gasteiger charge is 2.42. The summed E-state index contributed by atoms with van der Waals surface area (Å²) in [5, 5.41) is 13.2. The summed E-state index contributed by atoms with van der Waals surface area (Å²) in [4.78, 5) is 21.1. The molecule has 2 aromatic heterocycles. The number of halogens is 4. The van der Waals surface area contributed by atoms with Crippen molar-refractivity contribution >= 4 is 17.3 Å². The first-order chi connectivity index (χ1) is 20.6. The first kappa shape index (κ1) is 29.9. The number of nitrogens with one attached hydrogen (secondary N) is 2. The fourth-order valence-corrected chi connectivity index (χ4v) is 4.91. The van der Waals surface area contributed by atoms with Crippen LogP contribution in [0.1, 0.15) is 11.3 Å². The lowest BCUT2D eigenvalue weighted by Gasteiger charge is -2.42. The maximum absolute atomic E-state index is 14.8. The van der Waals surface area contributed by atoms with Gasteiger partial charge in [-0.05, 0) is 44.4 Å². The number of likely N-dealkylation sites (N-methyl/N-ethyl adjacent to an activating group) is 2. The Balaban J connectivity index is 1.51. The predicted molar refractivity (Wildman–Crippen MR) is 150 cm³/mol. The van der Waals surface area contributed by atoms with Gasteiger partial charge in [-0.3, -0.25) is 9.69 Å². The van der Waals surface area contributed by atoms with E-state index in [-0.39, 0.29) is 54.3 Å². The van der Waals surface area contributed by atoms with Crippen LogP contribution in [0.25, 0.3) is 11.5 Å². The molecule has 0 unspecified atom stereocenters. The molecule has 1 aliphatic rings. The molecule has 0 saturated carbocycles. The van der Waals surface area contributed by atoms with E-state index in [0.717, 1.165) is 12.1 Å². The zero-order valence-electron chi connectivity index (χ0n) is 23.4. The number of alkyl halides is 3. The normalized spacial score (nSPS) is 15.9. The molecule has 14 heteroatoms. The van der Waals surface area contributed by atoms with E-state index in [4.69, 9.17) is 9.15 Å². The van der Waals surface area contributed by atoms with E-state index >= 15 is 0 Å². The second-order valence-corrected chi connectivity index (χ2v) is 10.0. The molecule has 1 atom stereocenters. The maximum Gasteiger partial charge on any atom is 0.422 e. The van der Waals surface area contributed by atoms with Gasteiger partial charge < -0.3 is 24.7 Å². The van der Waals surface area contributed by atoms with E-state index in [1.807, 2.05) is 7.05 Å². The molecule has 43 heavy (non-hydrogen) atoms. The Bertz CT molecular complexity index is 1570. The molecule has 1 aliphatic heterocycles. The van der Waals surface area contributed by atoms with Gasteiger partial charge in [-0.15, -0.1) is 0 Å². The van der Waals surface area contributed by atoms with E-state index in [1.165, 1.54) is 42.9 Å². The van der Waals surface area contributed by atoms with Gasteiger partial charge in [0.1, 0.15) is 17.6 Å². The molecule has 3 heterocycles. The minimum atomic E-state index is -4.90. The molecule has 5 rings (SSSR count). The summed E-state index contributed by atoms with van der Waals surface area (Å²) in [5.41, 5.74) is -0.610. The fraction of sp³-hybridized carbons (Fsp3) is 0.310. The monoisotopic (exact) mass is 599 g/mol. The van der Waals surface area contributed by atoms with Crippen LogP contribution >= 0.6 is 0 Å². The van der Waals surface area contributed by atoms with Crippen LogP contribution in [0.15, 0.2) is 65.5 Å². The van der Waals surface area contributed by atoms with Gasteiger partial charge >= 0.3 is 6.18 Å². The highest BCUT2D eigenvalue weighted by molar-refractivity contribution is 5.96. The third-order valence-corrected chi connectivity index (χ3v) is 7.01. The summed E-state index contributed by atoms with van der Waals surface area (Å²) in [5.74, 6) is -2.13. The molecule has 1 amide bonds. The van der Waals surface area contributed by atoms with Gasteiger partial charge in [0.15, 0.2) is 11.6 Å². The molecular formula is C29H29F4N7O3. The van der Waals surface area contributed by atoms with Gasteiger partial charge in [0, 0.05) is 32.2 Å². The Hall–Kier alpha value is -4.56. The van der Waals surface area contributed by atoms with Crippen LogP contribution in [-0.4, -0.2) is 72.3 Å². The second-order valence-electron chi connectivity index (χ2n) is 10.0. The van der Waals surface area contributed by atoms with Crippen LogP contribution in [0.2, 0.25) is 0 Å². The van der Waals surface area contributed by atoms with Crippen molar-refractivity contribution in [3.63, 3.8) is 0 Å². The number of para-hydroxylation sites is 1. The maximum atomic E-state index is 14.8. The van der Waals surface area contributed by atoms with Gasteiger partial charge in [0.2, 0.25) is 11.8 Å². The van der Waals surface area contributed by atoms with Crippen molar-refractivity contribution in [3.8, 4) is 23.0 Å². The number of carbonyl (C=O) groups is 1. The smallest absolute Gasteiger partial charge is 0.422 e. The molecule has 0 radical (unpaired) electrons. The average Bonchev–Trinajstić information content (AvgIpc) is 3.44. The molecule has 1 fully saturated rings. The second kappa shape index (κ2) is 12.8. The average molecular weight is 600 g/mol. The summed E-state index contributed by atoms with van der Waals surface area (Å²) in [6, 6.07) is 9.16. The first-order valence-corrected chi connectivity index (χ1v) is 13.4. The Morgan fingerprint density at radius 1 is 1.12 bits per heavy atom. The lowest BCUT2D eigenvalue weighted by Crippen LogP contribution is -2.55. The van der Waals surface area contributed by atoms with Crippen molar-refractivity contribution in [2.75, 3.05) is 50.5 Å². The van der Waals surface area contributed by atoms with Gasteiger partial charge in [0.05, 0.1) is 41.4 Å². The standard InChI is InChI=1S/C29H29F4N7O3/c1-34-15-20-16-40(12-11-39(20)2)27-22(38-25(41)13-19-17-42-28(37-19)18-9-10-35-36-14-18)7-8-24(26(27)29(31,32)33)43-23-6-4-3-5-21(23)30/h3-10,14,17,20,34H,11-13,15-16H2,1-2H3,(H,38,41)/t20-/m0/s1. The zero-order valence-corrected chi connectivity index (χ0v) is 23.4. The van der Waals surface area contributed by atoms with Crippen LogP contribution in [0.4, 0.5) is 28.9 Å². The van der Waals surface area contributed by atoms with Crippen molar-refractivity contribution in [2.45, 2.75) is 18.6 Å². The van der Waals surface area contributed by atoms with Crippen LogP contribution in [0.3, 0.4) is 0 Å². The molecule has 4 aromatic rings. The summed E-state index contributed by atoms with van der Waals surface area (Å²) in [6.07, 6.45) is -0.960. The number of amides is 1. The number of hydrogen-bond donors (Lipinski definition) is 2. The summed E-state index contributed by atoms with van der Waals surface area (Å²) in [7, 11) is 3.67. The fourth-order valence-electron chi connectivity index (χ4n) is 4.91. The number of carbonyl (C=O) groups excluding carboxylic acids is 1. The largest absolute Gasteiger partial charge is 0.454 e. The first-order valence-electron chi connectivity index (χ1n) is 13.4. The van der Waals surface area contributed by atoms with Crippen molar-refractivity contribution in [1.82, 2.24) is 25.4 Å². The molecule has 0 spiro atoms. The van der Waals surface area contributed by atoms with Gasteiger partial charge in [-0.2, -0.15) is 23.4 Å². The molecule has 2 N–H and O–H groups in total. The van der Waals surface area contributed by atoms with E-state index in [0.29, 0.717) is 18.7 Å². The van der Waals surface area contributed by atoms with Crippen LogP contribution in [-0.2, 0) is 17.4 Å². The summed E-state index contributed by atoms with van der Waals surface area (Å²) in [6.45, 7) is 1.49. The molecule has 0 bridgehead atoms. The van der Waals surface area contributed by atoms with E-state index in [1.54, 1.807) is 18.0 Å². The number of nitrogens with zero attached hydrogens (tertiary/aromatic N) is 5. The van der Waals surface area contributed by atoms with Gasteiger partial charge in [-0.25, -0.2) is 9.37 Å². The number of piperazine rings is 1. The highest BCUT2D eigenvalue weighted by Crippen LogP contribution is 2.48. The molecule has 10 nitrogen and oxygen atoms in total. The lowest BCUT2D eigenvalue weighted by molar-refractivity contribution is -0.138.